The van der Waals surface area contributed by atoms with E-state index in [1.165, 1.54) is 6.08 Å². The standard InChI is InChI=1S/C20H26N2O3S2/c1-15(2)20(18-5-4-13-26-18)22-19(23)10-12-21-27(24,25)14-11-17-8-6-16(3)7-9-17/h4-9,11,13-15,20-21H,10,12H2,1-3H3,(H,22,23)/b14-11+/t20-/m0/s1. The lowest BCUT2D eigenvalue weighted by Crippen LogP contribution is -2.34. The number of carbonyl (C=O) groups is 1. The van der Waals surface area contributed by atoms with Crippen LogP contribution in [0.3, 0.4) is 0 Å². The fourth-order valence-electron chi connectivity index (χ4n) is 2.48. The van der Waals surface area contributed by atoms with E-state index in [4.69, 9.17) is 0 Å². The lowest BCUT2D eigenvalue weighted by atomic mass is 10.0. The Morgan fingerprint density at radius 1 is 1.19 bits per heavy atom. The van der Waals surface area contributed by atoms with E-state index in [1.54, 1.807) is 11.3 Å². The maximum absolute atomic E-state index is 12.2. The summed E-state index contributed by atoms with van der Waals surface area (Å²) in [5, 5.41) is 6.09. The van der Waals surface area contributed by atoms with Gasteiger partial charge in [-0.25, -0.2) is 13.1 Å². The largest absolute Gasteiger partial charge is 0.348 e. The molecule has 5 nitrogen and oxygen atoms in total. The molecule has 1 amide bonds. The number of sulfonamides is 1. The van der Waals surface area contributed by atoms with Gasteiger partial charge < -0.3 is 5.32 Å². The van der Waals surface area contributed by atoms with E-state index < -0.39 is 10.0 Å². The van der Waals surface area contributed by atoms with Crippen molar-refractivity contribution in [1.29, 1.82) is 0 Å². The molecule has 0 bridgehead atoms. The number of benzene rings is 1. The summed E-state index contributed by atoms with van der Waals surface area (Å²) < 4.78 is 26.5. The smallest absolute Gasteiger partial charge is 0.233 e. The Hall–Kier alpha value is -1.96. The SMILES string of the molecule is Cc1ccc(/C=C/S(=O)(=O)NCCC(=O)N[C@H](c2cccs2)C(C)C)cc1. The van der Waals surface area contributed by atoms with Gasteiger partial charge in [0.2, 0.25) is 15.9 Å². The number of hydrogen-bond acceptors (Lipinski definition) is 4. The molecule has 0 saturated carbocycles. The van der Waals surface area contributed by atoms with Gasteiger partial charge in [-0.2, -0.15) is 0 Å². The molecule has 2 N–H and O–H groups in total. The second kappa shape index (κ2) is 9.82. The van der Waals surface area contributed by atoms with E-state index in [1.807, 2.05) is 62.5 Å². The molecular formula is C20H26N2O3S2. The highest BCUT2D eigenvalue weighted by atomic mass is 32.2. The summed E-state index contributed by atoms with van der Waals surface area (Å²) in [6.07, 6.45) is 1.62. The monoisotopic (exact) mass is 406 g/mol. The van der Waals surface area contributed by atoms with Crippen LogP contribution in [-0.4, -0.2) is 20.9 Å². The molecule has 0 aliphatic carbocycles. The molecule has 0 radical (unpaired) electrons. The first-order valence-electron chi connectivity index (χ1n) is 8.84. The first-order valence-corrected chi connectivity index (χ1v) is 11.3. The number of amides is 1. The highest BCUT2D eigenvalue weighted by molar-refractivity contribution is 7.92. The van der Waals surface area contributed by atoms with E-state index in [0.717, 1.165) is 21.4 Å². The van der Waals surface area contributed by atoms with Crippen molar-refractivity contribution in [3.05, 3.63) is 63.2 Å². The fourth-order valence-corrected chi connectivity index (χ4v) is 4.25. The Bertz CT molecular complexity index is 855. The van der Waals surface area contributed by atoms with Crippen molar-refractivity contribution in [3.8, 4) is 0 Å². The van der Waals surface area contributed by atoms with Crippen molar-refractivity contribution >= 4 is 33.3 Å². The fraction of sp³-hybridized carbons (Fsp3) is 0.350. The molecule has 1 atom stereocenters. The number of rotatable bonds is 9. The van der Waals surface area contributed by atoms with Gasteiger partial charge in [0.1, 0.15) is 0 Å². The quantitative estimate of drug-likeness (QED) is 0.664. The third kappa shape index (κ3) is 7.28. The second-order valence-electron chi connectivity index (χ2n) is 6.71. The molecular weight excluding hydrogens is 380 g/mol. The van der Waals surface area contributed by atoms with Gasteiger partial charge in [0.25, 0.3) is 0 Å². The van der Waals surface area contributed by atoms with Crippen LogP contribution in [-0.2, 0) is 14.8 Å². The van der Waals surface area contributed by atoms with Crippen LogP contribution in [0, 0.1) is 12.8 Å². The molecule has 0 spiro atoms. The molecule has 0 aliphatic rings. The number of thiophene rings is 1. The number of nitrogens with one attached hydrogen (secondary N) is 2. The summed E-state index contributed by atoms with van der Waals surface area (Å²) in [6, 6.07) is 11.4. The summed E-state index contributed by atoms with van der Waals surface area (Å²) in [7, 11) is -3.58. The molecule has 0 saturated heterocycles. The molecule has 0 aliphatic heterocycles. The molecule has 2 aromatic rings. The van der Waals surface area contributed by atoms with Crippen LogP contribution < -0.4 is 10.0 Å². The maximum atomic E-state index is 12.2. The third-order valence-electron chi connectivity index (χ3n) is 4.01. The van der Waals surface area contributed by atoms with Crippen molar-refractivity contribution in [2.45, 2.75) is 33.2 Å². The van der Waals surface area contributed by atoms with Gasteiger partial charge in [-0.05, 0) is 35.9 Å². The Labute approximate surface area is 165 Å². The van der Waals surface area contributed by atoms with Crippen molar-refractivity contribution in [2.75, 3.05) is 6.54 Å². The van der Waals surface area contributed by atoms with Crippen molar-refractivity contribution in [1.82, 2.24) is 10.0 Å². The zero-order chi connectivity index (χ0) is 19.9. The summed E-state index contributed by atoms with van der Waals surface area (Å²) in [5.41, 5.74) is 1.92. The van der Waals surface area contributed by atoms with Crippen LogP contribution in [0.1, 0.15) is 42.3 Å². The number of carbonyl (C=O) groups excluding carboxylic acids is 1. The molecule has 1 aromatic carbocycles. The Kier molecular flexibility index (Phi) is 7.77. The van der Waals surface area contributed by atoms with E-state index in [2.05, 4.69) is 10.0 Å². The Morgan fingerprint density at radius 3 is 2.48 bits per heavy atom. The van der Waals surface area contributed by atoms with Gasteiger partial charge in [0, 0.05) is 23.3 Å². The highest BCUT2D eigenvalue weighted by Gasteiger charge is 2.19. The molecule has 146 valence electrons. The van der Waals surface area contributed by atoms with Crippen LogP contribution in [0.5, 0.6) is 0 Å². The first-order chi connectivity index (χ1) is 12.8. The molecule has 0 fully saturated rings. The Balaban J connectivity index is 1.83. The summed E-state index contributed by atoms with van der Waals surface area (Å²) >= 11 is 1.60. The van der Waals surface area contributed by atoms with Crippen LogP contribution in [0.15, 0.2) is 47.2 Å². The summed E-state index contributed by atoms with van der Waals surface area (Å²) in [5.74, 6) is 0.0778. The normalized spacial score (nSPS) is 13.2. The lowest BCUT2D eigenvalue weighted by Gasteiger charge is -2.21. The lowest BCUT2D eigenvalue weighted by molar-refractivity contribution is -0.122. The second-order valence-corrected chi connectivity index (χ2v) is 9.34. The van der Waals surface area contributed by atoms with Crippen LogP contribution in [0.4, 0.5) is 0 Å². The molecule has 7 heteroatoms. The molecule has 0 unspecified atom stereocenters. The van der Waals surface area contributed by atoms with Gasteiger partial charge in [0.05, 0.1) is 6.04 Å². The molecule has 1 heterocycles. The highest BCUT2D eigenvalue weighted by Crippen LogP contribution is 2.25. The van der Waals surface area contributed by atoms with E-state index >= 15 is 0 Å². The number of hydrogen-bond donors (Lipinski definition) is 2. The van der Waals surface area contributed by atoms with Gasteiger partial charge in [-0.15, -0.1) is 11.3 Å². The minimum absolute atomic E-state index is 0.0572. The summed E-state index contributed by atoms with van der Waals surface area (Å²) in [6.45, 7) is 6.12. The van der Waals surface area contributed by atoms with Crippen molar-refractivity contribution in [3.63, 3.8) is 0 Å². The maximum Gasteiger partial charge on any atom is 0.233 e. The minimum Gasteiger partial charge on any atom is -0.348 e. The number of aryl methyl sites for hydroxylation is 1. The minimum atomic E-state index is -3.58. The average molecular weight is 407 g/mol. The third-order valence-corrected chi connectivity index (χ3v) is 6.06. The predicted molar refractivity (Wildman–Crippen MR) is 112 cm³/mol. The van der Waals surface area contributed by atoms with E-state index in [-0.39, 0.29) is 30.8 Å². The zero-order valence-electron chi connectivity index (χ0n) is 15.8. The average Bonchev–Trinajstić information content (AvgIpc) is 3.13. The zero-order valence-corrected chi connectivity index (χ0v) is 17.4. The van der Waals surface area contributed by atoms with Gasteiger partial charge in [0.15, 0.2) is 0 Å². The predicted octanol–water partition coefficient (Wildman–Crippen LogP) is 3.85. The van der Waals surface area contributed by atoms with Crippen LogP contribution in [0.25, 0.3) is 6.08 Å². The van der Waals surface area contributed by atoms with Gasteiger partial charge in [-0.1, -0.05) is 49.7 Å². The summed E-state index contributed by atoms with van der Waals surface area (Å²) in [4.78, 5) is 13.3. The molecule has 27 heavy (non-hydrogen) atoms. The van der Waals surface area contributed by atoms with Gasteiger partial charge in [-0.3, -0.25) is 4.79 Å². The Morgan fingerprint density at radius 2 is 1.89 bits per heavy atom. The van der Waals surface area contributed by atoms with Crippen LogP contribution >= 0.6 is 11.3 Å². The van der Waals surface area contributed by atoms with E-state index in [0.29, 0.717) is 0 Å². The molecule has 2 rings (SSSR count). The van der Waals surface area contributed by atoms with Crippen LogP contribution in [0.2, 0.25) is 0 Å². The topological polar surface area (TPSA) is 75.3 Å². The van der Waals surface area contributed by atoms with Gasteiger partial charge >= 0.3 is 0 Å². The first kappa shape index (κ1) is 21.3. The van der Waals surface area contributed by atoms with Crippen molar-refractivity contribution < 1.29 is 13.2 Å². The molecule has 1 aromatic heterocycles. The van der Waals surface area contributed by atoms with Crippen molar-refractivity contribution in [2.24, 2.45) is 5.92 Å². The van der Waals surface area contributed by atoms with E-state index in [9.17, 15) is 13.2 Å².